The van der Waals surface area contributed by atoms with Crippen molar-refractivity contribution in [3.05, 3.63) is 12.3 Å². The Kier molecular flexibility index (Phi) is 57.4. The van der Waals surface area contributed by atoms with E-state index in [4.69, 9.17) is 0 Å². The number of hydrogen-bond donors (Lipinski definition) is 4. The molecule has 0 rings (SSSR count). The predicted molar refractivity (Wildman–Crippen MR) is 320 cm³/mol. The molecule has 0 unspecified atom stereocenters. The number of carbonyl (C=O) groups is 3. The third-order valence-corrected chi connectivity index (χ3v) is 15.0. The molecule has 0 aliphatic rings. The van der Waals surface area contributed by atoms with E-state index < -0.39 is 0 Å². The fourth-order valence-electron chi connectivity index (χ4n) is 10.1. The van der Waals surface area contributed by atoms with Crippen molar-refractivity contribution >= 4 is 17.7 Å². The molecule has 0 saturated heterocycles. The van der Waals surface area contributed by atoms with E-state index in [1.807, 2.05) is 0 Å². The highest BCUT2D eigenvalue weighted by atomic mass is 16.2. The number of amides is 3. The molecular formula is C64H128N6O3. The van der Waals surface area contributed by atoms with Crippen molar-refractivity contribution in [3.63, 3.8) is 0 Å². The normalized spacial score (nSPS) is 11.5. The molecule has 0 fully saturated rings. The Morgan fingerprint density at radius 1 is 0.260 bits per heavy atom. The number of nitrogens with one attached hydrogen (secondary N) is 4. The summed E-state index contributed by atoms with van der Waals surface area (Å²) in [7, 11) is 0. The van der Waals surface area contributed by atoms with Gasteiger partial charge in [-0.1, -0.05) is 240 Å². The molecule has 0 bridgehead atoms. The quantitative estimate of drug-likeness (QED) is 0.0452. The van der Waals surface area contributed by atoms with Gasteiger partial charge in [-0.05, 0) is 103 Å². The monoisotopic (exact) mass is 1030 g/mol. The Balaban J connectivity index is 5.10. The molecule has 0 aliphatic carbocycles. The van der Waals surface area contributed by atoms with Crippen LogP contribution >= 0.6 is 0 Å². The molecule has 0 radical (unpaired) electrons. The van der Waals surface area contributed by atoms with Gasteiger partial charge in [0.2, 0.25) is 17.7 Å². The number of carbonyl (C=O) groups excluding carboxylic acids is 3. The molecule has 0 heterocycles. The van der Waals surface area contributed by atoms with Crippen LogP contribution in [0.15, 0.2) is 12.3 Å². The summed E-state index contributed by atoms with van der Waals surface area (Å²) < 4.78 is 0. The maximum atomic E-state index is 12.7. The van der Waals surface area contributed by atoms with Gasteiger partial charge >= 0.3 is 0 Å². The first kappa shape index (κ1) is 70.9. The number of hydrogen-bond acceptors (Lipinski definition) is 6. The predicted octanol–water partition coefficient (Wildman–Crippen LogP) is 16.7. The van der Waals surface area contributed by atoms with Crippen LogP contribution < -0.4 is 21.3 Å². The summed E-state index contributed by atoms with van der Waals surface area (Å²) in [5, 5.41) is 13.3. The van der Waals surface area contributed by atoms with Crippen LogP contribution in [0, 0.1) is 0 Å². The Morgan fingerprint density at radius 3 is 0.726 bits per heavy atom. The Morgan fingerprint density at radius 2 is 0.466 bits per heavy atom. The van der Waals surface area contributed by atoms with Gasteiger partial charge < -0.3 is 31.1 Å². The van der Waals surface area contributed by atoms with Crippen LogP contribution in [-0.2, 0) is 14.4 Å². The lowest BCUT2D eigenvalue weighted by Gasteiger charge is -2.26. The molecule has 432 valence electrons. The summed E-state index contributed by atoms with van der Waals surface area (Å²) in [4.78, 5) is 43.3. The first-order valence-corrected chi connectivity index (χ1v) is 32.5. The first-order valence-electron chi connectivity index (χ1n) is 32.5. The standard InChI is InChI=1S/C64H128N6O3/c1-6-10-14-18-22-26-30-34-38-47-61(5)65-51-42-55-69(56-43-52-66-62(71)48-39-35-31-27-23-19-15-11-7-2)59-46-60-70(57-44-53-67-63(72)49-40-36-32-28-24-20-16-12-8-3)58-45-54-68-64(73)50-41-37-33-29-25-21-17-13-9-4/h65H,5-60H2,1-4H3,(H,66,71)(H,67,72)(H,68,73). The van der Waals surface area contributed by atoms with E-state index in [9.17, 15) is 14.4 Å². The molecule has 0 aromatic heterocycles. The van der Waals surface area contributed by atoms with Gasteiger partial charge in [0, 0.05) is 51.1 Å². The van der Waals surface area contributed by atoms with Crippen LogP contribution in [0.1, 0.15) is 317 Å². The van der Waals surface area contributed by atoms with Crippen LogP contribution in [0.5, 0.6) is 0 Å². The molecule has 0 atom stereocenters. The zero-order valence-electron chi connectivity index (χ0n) is 49.7. The van der Waals surface area contributed by atoms with Gasteiger partial charge in [0.05, 0.1) is 0 Å². The van der Waals surface area contributed by atoms with Gasteiger partial charge in [-0.25, -0.2) is 0 Å². The summed E-state index contributed by atoms with van der Waals surface area (Å²) >= 11 is 0. The highest BCUT2D eigenvalue weighted by Crippen LogP contribution is 2.15. The largest absolute Gasteiger partial charge is 0.389 e. The van der Waals surface area contributed by atoms with Gasteiger partial charge in [-0.2, -0.15) is 0 Å². The number of rotatable bonds is 61. The van der Waals surface area contributed by atoms with Crippen LogP contribution in [0.4, 0.5) is 0 Å². The fourth-order valence-corrected chi connectivity index (χ4v) is 10.1. The van der Waals surface area contributed by atoms with E-state index >= 15 is 0 Å². The van der Waals surface area contributed by atoms with E-state index in [0.29, 0.717) is 19.3 Å². The summed E-state index contributed by atoms with van der Waals surface area (Å²) in [5.74, 6) is 0.598. The minimum Gasteiger partial charge on any atom is -0.389 e. The highest BCUT2D eigenvalue weighted by Gasteiger charge is 2.11. The lowest BCUT2D eigenvalue weighted by atomic mass is 10.1. The SMILES string of the molecule is C=C(CCCCCCCCCCC)NCCCN(CCCNC(=O)CCCCCCCCCCC)CCCN(CCCNC(=O)CCCCCCCCCCC)CCCNC(=O)CCCCCCCCCCC. The minimum absolute atomic E-state index is 0.195. The minimum atomic E-state index is 0.195. The smallest absolute Gasteiger partial charge is 0.219 e. The van der Waals surface area contributed by atoms with E-state index in [-0.39, 0.29) is 17.7 Å². The number of nitrogens with zero attached hydrogens (tertiary/aromatic N) is 2. The van der Waals surface area contributed by atoms with Crippen LogP contribution in [0.25, 0.3) is 0 Å². The fraction of sp³-hybridized carbons (Fsp3) is 0.922. The van der Waals surface area contributed by atoms with E-state index in [1.165, 1.54) is 198 Å². The van der Waals surface area contributed by atoms with Crippen molar-refractivity contribution < 1.29 is 14.4 Å². The Bertz CT molecular complexity index is 1010. The average Bonchev–Trinajstić information content (AvgIpc) is 3.38. The van der Waals surface area contributed by atoms with Gasteiger partial charge in [0.1, 0.15) is 0 Å². The molecule has 0 aromatic carbocycles. The van der Waals surface area contributed by atoms with E-state index in [1.54, 1.807) is 0 Å². The molecule has 0 aliphatic heterocycles. The molecule has 9 nitrogen and oxygen atoms in total. The van der Waals surface area contributed by atoms with Crippen LogP contribution in [-0.4, -0.2) is 93.0 Å². The van der Waals surface area contributed by atoms with Crippen molar-refractivity contribution in [3.8, 4) is 0 Å². The summed E-state index contributed by atoms with van der Waals surface area (Å²) in [6.07, 6.45) is 54.3. The first-order chi connectivity index (χ1) is 35.9. The molecule has 0 saturated carbocycles. The maximum Gasteiger partial charge on any atom is 0.219 e. The zero-order valence-corrected chi connectivity index (χ0v) is 49.7. The molecule has 3 amide bonds. The molecule has 4 N–H and O–H groups in total. The second-order valence-electron chi connectivity index (χ2n) is 22.3. The number of unbranched alkanes of at least 4 members (excludes halogenated alkanes) is 32. The van der Waals surface area contributed by atoms with Gasteiger partial charge in [0.15, 0.2) is 0 Å². The molecule has 73 heavy (non-hydrogen) atoms. The van der Waals surface area contributed by atoms with E-state index in [0.717, 1.165) is 142 Å². The van der Waals surface area contributed by atoms with Gasteiger partial charge in [-0.3, -0.25) is 14.4 Å². The lowest BCUT2D eigenvalue weighted by Crippen LogP contribution is -2.36. The van der Waals surface area contributed by atoms with Crippen molar-refractivity contribution in [2.75, 3.05) is 65.4 Å². The number of allylic oxidation sites excluding steroid dienone is 1. The summed E-state index contributed by atoms with van der Waals surface area (Å²) in [6.45, 7) is 22.5. The summed E-state index contributed by atoms with van der Waals surface area (Å²) in [6, 6.07) is 0. The highest BCUT2D eigenvalue weighted by molar-refractivity contribution is 5.76. The van der Waals surface area contributed by atoms with Crippen molar-refractivity contribution in [1.82, 2.24) is 31.1 Å². The molecular weight excluding hydrogens is 901 g/mol. The third kappa shape index (κ3) is 55.9. The zero-order chi connectivity index (χ0) is 53.2. The topological polar surface area (TPSA) is 106 Å². The maximum absolute atomic E-state index is 12.7. The van der Waals surface area contributed by atoms with Crippen molar-refractivity contribution in [2.24, 2.45) is 0 Å². The Labute approximate surface area is 455 Å². The molecule has 0 spiro atoms. The Hall–Kier alpha value is -2.13. The van der Waals surface area contributed by atoms with Gasteiger partial charge in [0.25, 0.3) is 0 Å². The van der Waals surface area contributed by atoms with Crippen LogP contribution in [0.3, 0.4) is 0 Å². The molecule has 0 aromatic rings. The third-order valence-electron chi connectivity index (χ3n) is 15.0. The second kappa shape index (κ2) is 59.1. The van der Waals surface area contributed by atoms with Crippen molar-refractivity contribution in [2.45, 2.75) is 317 Å². The van der Waals surface area contributed by atoms with E-state index in [2.05, 4.69) is 65.3 Å². The van der Waals surface area contributed by atoms with Crippen molar-refractivity contribution in [1.29, 1.82) is 0 Å². The van der Waals surface area contributed by atoms with Gasteiger partial charge in [-0.15, -0.1) is 0 Å². The average molecular weight is 1030 g/mol. The summed E-state index contributed by atoms with van der Waals surface area (Å²) in [5.41, 5.74) is 1.18. The molecule has 9 heteroatoms. The van der Waals surface area contributed by atoms with Crippen LogP contribution in [0.2, 0.25) is 0 Å². The second-order valence-corrected chi connectivity index (χ2v) is 22.3. The lowest BCUT2D eigenvalue weighted by molar-refractivity contribution is -0.122.